The van der Waals surface area contributed by atoms with E-state index in [1.54, 1.807) is 0 Å². The maximum Gasteiger partial charge on any atom is 0.132 e. The van der Waals surface area contributed by atoms with Crippen LogP contribution >= 0.6 is 15.9 Å². The Morgan fingerprint density at radius 1 is 1.28 bits per heavy atom. The van der Waals surface area contributed by atoms with Gasteiger partial charge in [-0.15, -0.1) is 0 Å². The van der Waals surface area contributed by atoms with Gasteiger partial charge in [0.2, 0.25) is 0 Å². The number of halogens is 1. The highest BCUT2D eigenvalue weighted by Gasteiger charge is 2.13. The van der Waals surface area contributed by atoms with E-state index in [0.29, 0.717) is 0 Å². The van der Waals surface area contributed by atoms with Crippen LogP contribution in [0.4, 0.5) is 0 Å². The molecule has 0 radical (unpaired) electrons. The van der Waals surface area contributed by atoms with E-state index in [9.17, 15) is 5.11 Å². The second kappa shape index (κ2) is 5.34. The Bertz CT molecular complexity index is 569. The molecule has 1 atom stereocenters. The predicted octanol–water partition coefficient (Wildman–Crippen LogP) is 3.29. The lowest BCUT2D eigenvalue weighted by Crippen LogP contribution is -2.28. The molecule has 0 bridgehead atoms. The van der Waals surface area contributed by atoms with Crippen LogP contribution in [0.3, 0.4) is 0 Å². The molecule has 0 saturated heterocycles. The summed E-state index contributed by atoms with van der Waals surface area (Å²) < 4.78 is 0.985. The SMILES string of the molecule is Cc1cc(C(O)NC(C)C)c2cc(Br)ccc2n1. The third kappa shape index (κ3) is 2.88. The summed E-state index contributed by atoms with van der Waals surface area (Å²) in [5, 5.41) is 14.3. The van der Waals surface area contributed by atoms with Crippen molar-refractivity contribution in [2.75, 3.05) is 0 Å². The van der Waals surface area contributed by atoms with Gasteiger partial charge in [-0.25, -0.2) is 0 Å². The van der Waals surface area contributed by atoms with Crippen LogP contribution < -0.4 is 5.32 Å². The molecule has 1 aromatic heterocycles. The van der Waals surface area contributed by atoms with Crippen molar-refractivity contribution in [1.29, 1.82) is 0 Å². The zero-order valence-corrected chi connectivity index (χ0v) is 12.3. The van der Waals surface area contributed by atoms with E-state index >= 15 is 0 Å². The molecule has 0 aliphatic rings. The largest absolute Gasteiger partial charge is 0.374 e. The van der Waals surface area contributed by atoms with Gasteiger partial charge >= 0.3 is 0 Å². The monoisotopic (exact) mass is 308 g/mol. The van der Waals surface area contributed by atoms with Crippen molar-refractivity contribution in [1.82, 2.24) is 10.3 Å². The highest BCUT2D eigenvalue weighted by atomic mass is 79.9. The van der Waals surface area contributed by atoms with Crippen molar-refractivity contribution in [2.24, 2.45) is 0 Å². The van der Waals surface area contributed by atoms with E-state index in [-0.39, 0.29) is 6.04 Å². The Labute approximate surface area is 115 Å². The Morgan fingerprint density at radius 2 is 2.00 bits per heavy atom. The molecule has 0 fully saturated rings. The van der Waals surface area contributed by atoms with Crippen LogP contribution in [0.25, 0.3) is 10.9 Å². The molecule has 96 valence electrons. The van der Waals surface area contributed by atoms with E-state index in [1.807, 2.05) is 45.0 Å². The summed E-state index contributed by atoms with van der Waals surface area (Å²) in [6.45, 7) is 5.96. The average molecular weight is 309 g/mol. The fraction of sp³-hybridized carbons (Fsp3) is 0.357. The molecule has 0 aliphatic heterocycles. The van der Waals surface area contributed by atoms with Crippen LogP contribution in [0.2, 0.25) is 0 Å². The summed E-state index contributed by atoms with van der Waals surface area (Å²) in [6.07, 6.45) is -0.677. The van der Waals surface area contributed by atoms with Gasteiger partial charge in [-0.2, -0.15) is 0 Å². The number of nitrogens with one attached hydrogen (secondary N) is 1. The molecule has 0 spiro atoms. The van der Waals surface area contributed by atoms with Crippen LogP contribution in [0.5, 0.6) is 0 Å². The first-order valence-electron chi connectivity index (χ1n) is 5.98. The first-order chi connectivity index (χ1) is 8.47. The molecule has 0 aliphatic carbocycles. The molecule has 1 unspecified atom stereocenters. The molecule has 0 amide bonds. The number of aryl methyl sites for hydroxylation is 1. The van der Waals surface area contributed by atoms with Crippen LogP contribution in [-0.4, -0.2) is 16.1 Å². The van der Waals surface area contributed by atoms with Gasteiger partial charge in [-0.05, 0) is 45.0 Å². The van der Waals surface area contributed by atoms with Gasteiger partial charge in [0.05, 0.1) is 5.52 Å². The molecule has 0 saturated carbocycles. The summed E-state index contributed by atoms with van der Waals surface area (Å²) >= 11 is 3.46. The molecule has 1 aromatic carbocycles. The van der Waals surface area contributed by atoms with Crippen LogP contribution in [0.15, 0.2) is 28.7 Å². The fourth-order valence-electron chi connectivity index (χ4n) is 1.99. The number of fused-ring (bicyclic) bond motifs is 1. The van der Waals surface area contributed by atoms with Gasteiger partial charge in [-0.3, -0.25) is 10.3 Å². The number of nitrogens with zero attached hydrogens (tertiary/aromatic N) is 1. The number of benzene rings is 1. The smallest absolute Gasteiger partial charge is 0.132 e. The Balaban J connectivity index is 2.57. The lowest BCUT2D eigenvalue weighted by Gasteiger charge is -2.18. The lowest BCUT2D eigenvalue weighted by atomic mass is 10.1. The lowest BCUT2D eigenvalue weighted by molar-refractivity contribution is 0.130. The molecule has 2 aromatic rings. The fourth-order valence-corrected chi connectivity index (χ4v) is 2.35. The summed E-state index contributed by atoms with van der Waals surface area (Å²) in [5.74, 6) is 0. The number of hydrogen-bond acceptors (Lipinski definition) is 3. The van der Waals surface area contributed by atoms with E-state index in [1.165, 1.54) is 0 Å². The third-order valence-corrected chi connectivity index (χ3v) is 3.21. The Kier molecular flexibility index (Phi) is 4.00. The van der Waals surface area contributed by atoms with Crippen molar-refractivity contribution in [2.45, 2.75) is 33.0 Å². The number of aromatic nitrogens is 1. The highest BCUT2D eigenvalue weighted by Crippen LogP contribution is 2.26. The molecule has 3 nitrogen and oxygen atoms in total. The van der Waals surface area contributed by atoms with Crippen molar-refractivity contribution in [3.63, 3.8) is 0 Å². The highest BCUT2D eigenvalue weighted by molar-refractivity contribution is 9.10. The molecular formula is C14H17BrN2O. The van der Waals surface area contributed by atoms with Crippen LogP contribution in [0.1, 0.15) is 31.3 Å². The minimum atomic E-state index is -0.677. The van der Waals surface area contributed by atoms with Crippen molar-refractivity contribution < 1.29 is 5.11 Å². The third-order valence-electron chi connectivity index (χ3n) is 2.72. The zero-order valence-electron chi connectivity index (χ0n) is 10.7. The predicted molar refractivity (Wildman–Crippen MR) is 77.4 cm³/mol. The van der Waals surface area contributed by atoms with E-state index in [4.69, 9.17) is 0 Å². The summed E-state index contributed by atoms with van der Waals surface area (Å²) in [6, 6.07) is 8.05. The normalized spacial score (nSPS) is 13.2. The molecule has 18 heavy (non-hydrogen) atoms. The van der Waals surface area contributed by atoms with Gasteiger partial charge in [0.1, 0.15) is 6.23 Å². The number of aliphatic hydroxyl groups excluding tert-OH is 1. The van der Waals surface area contributed by atoms with Gasteiger partial charge in [-0.1, -0.05) is 15.9 Å². The zero-order chi connectivity index (χ0) is 13.3. The Morgan fingerprint density at radius 3 is 2.67 bits per heavy atom. The summed E-state index contributed by atoms with van der Waals surface area (Å²) in [4.78, 5) is 4.48. The van der Waals surface area contributed by atoms with Gasteiger partial charge in [0.25, 0.3) is 0 Å². The van der Waals surface area contributed by atoms with Gasteiger partial charge in [0.15, 0.2) is 0 Å². The van der Waals surface area contributed by atoms with E-state index in [0.717, 1.165) is 26.6 Å². The number of aliphatic hydroxyl groups is 1. The number of hydrogen-bond donors (Lipinski definition) is 2. The average Bonchev–Trinajstić information content (AvgIpc) is 2.27. The molecule has 1 heterocycles. The second-order valence-corrected chi connectivity index (χ2v) is 5.65. The first-order valence-corrected chi connectivity index (χ1v) is 6.77. The minimum absolute atomic E-state index is 0.218. The molecule has 2 rings (SSSR count). The van der Waals surface area contributed by atoms with Gasteiger partial charge in [0, 0.05) is 27.2 Å². The molecular weight excluding hydrogens is 292 g/mol. The molecule has 4 heteroatoms. The minimum Gasteiger partial charge on any atom is -0.374 e. The standard InChI is InChI=1S/C14H17BrN2O/c1-8(2)16-14(18)12-6-9(3)17-13-5-4-10(15)7-11(12)13/h4-8,14,16,18H,1-3H3. The van der Waals surface area contributed by atoms with E-state index < -0.39 is 6.23 Å². The van der Waals surface area contributed by atoms with Crippen molar-refractivity contribution in [3.8, 4) is 0 Å². The Hall–Kier alpha value is -0.970. The van der Waals surface area contributed by atoms with Crippen LogP contribution in [0, 0.1) is 6.92 Å². The van der Waals surface area contributed by atoms with Crippen LogP contribution in [-0.2, 0) is 0 Å². The number of rotatable bonds is 3. The maximum absolute atomic E-state index is 10.3. The topological polar surface area (TPSA) is 45.1 Å². The summed E-state index contributed by atoms with van der Waals surface area (Å²) in [7, 11) is 0. The van der Waals surface area contributed by atoms with Gasteiger partial charge < -0.3 is 5.11 Å². The molecule has 2 N–H and O–H groups in total. The second-order valence-electron chi connectivity index (χ2n) is 4.74. The first kappa shape index (κ1) is 13.5. The van der Waals surface area contributed by atoms with Crippen molar-refractivity contribution in [3.05, 3.63) is 40.0 Å². The summed E-state index contributed by atoms with van der Waals surface area (Å²) in [5.41, 5.74) is 2.68. The quantitative estimate of drug-likeness (QED) is 0.855. The van der Waals surface area contributed by atoms with E-state index in [2.05, 4.69) is 26.2 Å². The number of pyridine rings is 1. The van der Waals surface area contributed by atoms with Crippen molar-refractivity contribution >= 4 is 26.8 Å². The maximum atomic E-state index is 10.3.